The predicted molar refractivity (Wildman–Crippen MR) is 89.7 cm³/mol. The SMILES string of the molecule is O=C(Cc1ccccc1F)NCCCn1ccc2ccccc21. The molecule has 0 aliphatic carbocycles. The molecule has 0 fully saturated rings. The molecule has 1 amide bonds. The first-order valence-corrected chi connectivity index (χ1v) is 7.78. The molecule has 0 bridgehead atoms. The molecule has 2 aromatic carbocycles. The zero-order valence-corrected chi connectivity index (χ0v) is 12.8. The van der Waals surface area contributed by atoms with Gasteiger partial charge in [0.05, 0.1) is 6.42 Å². The van der Waals surface area contributed by atoms with Crippen molar-refractivity contribution in [3.8, 4) is 0 Å². The second kappa shape index (κ2) is 7.09. The molecule has 1 heterocycles. The molecule has 1 N–H and O–H groups in total. The van der Waals surface area contributed by atoms with Crippen LogP contribution >= 0.6 is 0 Å². The first-order valence-electron chi connectivity index (χ1n) is 7.78. The summed E-state index contributed by atoms with van der Waals surface area (Å²) in [4.78, 5) is 11.9. The Balaban J connectivity index is 1.46. The standard InChI is InChI=1S/C19H19FN2O/c20-17-8-3-1-7-16(17)14-19(23)21-11-5-12-22-13-10-15-6-2-4-9-18(15)22/h1-4,6-10,13H,5,11-12,14H2,(H,21,23). The molecule has 3 rings (SSSR count). The van der Waals surface area contributed by atoms with Gasteiger partial charge < -0.3 is 9.88 Å². The molecular formula is C19H19FN2O. The van der Waals surface area contributed by atoms with E-state index in [1.54, 1.807) is 18.2 Å². The van der Waals surface area contributed by atoms with E-state index >= 15 is 0 Å². The average Bonchev–Trinajstić information content (AvgIpc) is 2.97. The number of amides is 1. The minimum absolute atomic E-state index is 0.0825. The fourth-order valence-electron chi connectivity index (χ4n) is 2.69. The molecule has 23 heavy (non-hydrogen) atoms. The Bertz CT molecular complexity index is 810. The quantitative estimate of drug-likeness (QED) is 0.694. The highest BCUT2D eigenvalue weighted by Gasteiger charge is 2.07. The van der Waals surface area contributed by atoms with Crippen LogP contribution in [0.25, 0.3) is 10.9 Å². The average molecular weight is 310 g/mol. The summed E-state index contributed by atoms with van der Waals surface area (Å²) in [5.74, 6) is -0.478. The maximum Gasteiger partial charge on any atom is 0.224 e. The van der Waals surface area contributed by atoms with Crippen molar-refractivity contribution >= 4 is 16.8 Å². The predicted octanol–water partition coefficient (Wildman–Crippen LogP) is 3.53. The van der Waals surface area contributed by atoms with Gasteiger partial charge in [0.1, 0.15) is 5.82 Å². The van der Waals surface area contributed by atoms with Crippen molar-refractivity contribution in [2.45, 2.75) is 19.4 Å². The van der Waals surface area contributed by atoms with E-state index < -0.39 is 0 Å². The number of fused-ring (bicyclic) bond motifs is 1. The van der Waals surface area contributed by atoms with Gasteiger partial charge in [-0.2, -0.15) is 0 Å². The topological polar surface area (TPSA) is 34.0 Å². The van der Waals surface area contributed by atoms with Crippen LogP contribution < -0.4 is 5.32 Å². The number of para-hydroxylation sites is 1. The highest BCUT2D eigenvalue weighted by atomic mass is 19.1. The molecule has 0 aliphatic rings. The van der Waals surface area contributed by atoms with Gasteiger partial charge in [-0.25, -0.2) is 4.39 Å². The number of hydrogen-bond donors (Lipinski definition) is 1. The van der Waals surface area contributed by atoms with Crippen LogP contribution in [0, 0.1) is 5.82 Å². The minimum Gasteiger partial charge on any atom is -0.356 e. The highest BCUT2D eigenvalue weighted by molar-refractivity contribution is 5.80. The van der Waals surface area contributed by atoms with E-state index in [0.717, 1.165) is 13.0 Å². The number of aromatic nitrogens is 1. The molecular weight excluding hydrogens is 291 g/mol. The number of benzene rings is 2. The zero-order valence-electron chi connectivity index (χ0n) is 12.8. The Morgan fingerprint density at radius 2 is 1.83 bits per heavy atom. The summed E-state index contributed by atoms with van der Waals surface area (Å²) >= 11 is 0. The summed E-state index contributed by atoms with van der Waals surface area (Å²) in [6.45, 7) is 1.42. The Morgan fingerprint density at radius 1 is 1.04 bits per heavy atom. The molecule has 3 aromatic rings. The van der Waals surface area contributed by atoms with Gasteiger partial charge in [-0.05, 0) is 35.6 Å². The van der Waals surface area contributed by atoms with Gasteiger partial charge in [0.15, 0.2) is 0 Å². The second-order valence-electron chi connectivity index (χ2n) is 5.54. The maximum absolute atomic E-state index is 13.5. The van der Waals surface area contributed by atoms with Crippen LogP contribution in [0.4, 0.5) is 4.39 Å². The fraction of sp³-hybridized carbons (Fsp3) is 0.211. The Labute approximate surface area is 134 Å². The van der Waals surface area contributed by atoms with Crippen LogP contribution in [0.2, 0.25) is 0 Å². The fourth-order valence-corrected chi connectivity index (χ4v) is 2.69. The van der Waals surface area contributed by atoms with E-state index in [-0.39, 0.29) is 18.1 Å². The van der Waals surface area contributed by atoms with Crippen LogP contribution in [-0.2, 0) is 17.8 Å². The molecule has 1 aromatic heterocycles. The molecule has 0 radical (unpaired) electrons. The maximum atomic E-state index is 13.5. The molecule has 0 unspecified atom stereocenters. The third-order valence-electron chi connectivity index (χ3n) is 3.89. The molecule has 0 saturated carbocycles. The molecule has 4 heteroatoms. The molecule has 0 atom stereocenters. The van der Waals surface area contributed by atoms with Crippen molar-refractivity contribution < 1.29 is 9.18 Å². The summed E-state index contributed by atoms with van der Waals surface area (Å²) in [5, 5.41) is 4.07. The second-order valence-corrected chi connectivity index (χ2v) is 5.54. The first kappa shape index (κ1) is 15.3. The molecule has 118 valence electrons. The first-order chi connectivity index (χ1) is 11.2. The van der Waals surface area contributed by atoms with E-state index in [2.05, 4.69) is 34.3 Å². The van der Waals surface area contributed by atoms with Crippen LogP contribution in [0.3, 0.4) is 0 Å². The van der Waals surface area contributed by atoms with Gasteiger partial charge in [-0.3, -0.25) is 4.79 Å². The van der Waals surface area contributed by atoms with E-state index in [1.165, 1.54) is 17.0 Å². The van der Waals surface area contributed by atoms with Crippen molar-refractivity contribution in [1.29, 1.82) is 0 Å². The van der Waals surface area contributed by atoms with E-state index in [1.807, 2.05) is 12.1 Å². The normalized spacial score (nSPS) is 10.8. The molecule has 3 nitrogen and oxygen atoms in total. The highest BCUT2D eigenvalue weighted by Crippen LogP contribution is 2.15. The van der Waals surface area contributed by atoms with Crippen LogP contribution in [0.15, 0.2) is 60.8 Å². The summed E-state index contributed by atoms with van der Waals surface area (Å²) < 4.78 is 15.7. The molecule has 0 spiro atoms. The number of nitrogens with zero attached hydrogens (tertiary/aromatic N) is 1. The van der Waals surface area contributed by atoms with Crippen LogP contribution in [0.5, 0.6) is 0 Å². The lowest BCUT2D eigenvalue weighted by Crippen LogP contribution is -2.27. The van der Waals surface area contributed by atoms with Gasteiger partial charge in [-0.1, -0.05) is 36.4 Å². The number of rotatable bonds is 6. The number of hydrogen-bond acceptors (Lipinski definition) is 1. The minimum atomic E-state index is -0.332. The van der Waals surface area contributed by atoms with Gasteiger partial charge in [0.25, 0.3) is 0 Å². The van der Waals surface area contributed by atoms with Crippen molar-refractivity contribution in [2.75, 3.05) is 6.54 Å². The van der Waals surface area contributed by atoms with Gasteiger partial charge in [-0.15, -0.1) is 0 Å². The van der Waals surface area contributed by atoms with Crippen molar-refractivity contribution in [1.82, 2.24) is 9.88 Å². The third-order valence-corrected chi connectivity index (χ3v) is 3.89. The lowest BCUT2D eigenvalue weighted by atomic mass is 10.1. The van der Waals surface area contributed by atoms with Gasteiger partial charge in [0, 0.05) is 24.8 Å². The summed E-state index contributed by atoms with van der Waals surface area (Å²) in [5.41, 5.74) is 1.63. The van der Waals surface area contributed by atoms with E-state index in [0.29, 0.717) is 12.1 Å². The van der Waals surface area contributed by atoms with Gasteiger partial charge in [0.2, 0.25) is 5.91 Å². The summed E-state index contributed by atoms with van der Waals surface area (Å²) in [7, 11) is 0. The smallest absolute Gasteiger partial charge is 0.224 e. The molecule has 0 saturated heterocycles. The Kier molecular flexibility index (Phi) is 4.71. The molecule has 0 aliphatic heterocycles. The zero-order chi connectivity index (χ0) is 16.1. The van der Waals surface area contributed by atoms with Crippen LogP contribution in [-0.4, -0.2) is 17.0 Å². The number of carbonyl (C=O) groups excluding carboxylic acids is 1. The van der Waals surface area contributed by atoms with Crippen molar-refractivity contribution in [3.05, 3.63) is 72.2 Å². The summed E-state index contributed by atoms with van der Waals surface area (Å²) in [6.07, 6.45) is 2.98. The Morgan fingerprint density at radius 3 is 2.70 bits per heavy atom. The lowest BCUT2D eigenvalue weighted by Gasteiger charge is -2.08. The van der Waals surface area contributed by atoms with Crippen molar-refractivity contribution in [3.63, 3.8) is 0 Å². The summed E-state index contributed by atoms with van der Waals surface area (Å²) in [6, 6.07) is 16.7. The number of aryl methyl sites for hydroxylation is 1. The number of nitrogens with one attached hydrogen (secondary N) is 1. The van der Waals surface area contributed by atoms with E-state index in [4.69, 9.17) is 0 Å². The lowest BCUT2D eigenvalue weighted by molar-refractivity contribution is -0.120. The number of carbonyl (C=O) groups is 1. The van der Waals surface area contributed by atoms with Gasteiger partial charge >= 0.3 is 0 Å². The monoisotopic (exact) mass is 310 g/mol. The third kappa shape index (κ3) is 3.77. The largest absolute Gasteiger partial charge is 0.356 e. The van der Waals surface area contributed by atoms with E-state index in [9.17, 15) is 9.18 Å². The van der Waals surface area contributed by atoms with Crippen molar-refractivity contribution in [2.24, 2.45) is 0 Å². The number of halogens is 1. The Hall–Kier alpha value is -2.62. The van der Waals surface area contributed by atoms with Crippen LogP contribution in [0.1, 0.15) is 12.0 Å².